The van der Waals surface area contributed by atoms with E-state index in [-0.39, 0.29) is 12.2 Å². The first kappa shape index (κ1) is 13.1. The van der Waals surface area contributed by atoms with Gasteiger partial charge in [0, 0.05) is 19.4 Å². The molecule has 0 aromatic carbocycles. The van der Waals surface area contributed by atoms with E-state index in [2.05, 4.69) is 17.2 Å². The number of hydrogen-bond donors (Lipinski definition) is 2. The van der Waals surface area contributed by atoms with Crippen molar-refractivity contribution in [3.05, 3.63) is 22.7 Å². The molecule has 5 nitrogen and oxygen atoms in total. The molecule has 1 aromatic heterocycles. The molecule has 1 aromatic rings. The number of aliphatic hydroxyl groups excluding tert-OH is 1. The molecule has 1 fully saturated rings. The maximum atomic E-state index is 11.9. The minimum atomic E-state index is -0.391. The van der Waals surface area contributed by atoms with Crippen molar-refractivity contribution in [3.63, 3.8) is 0 Å². The Bertz CT molecular complexity index is 472. The monoisotopic (exact) mass is 251 g/mol. The Balaban J connectivity index is 2.25. The van der Waals surface area contributed by atoms with Gasteiger partial charge in [0.25, 0.3) is 5.56 Å². The Morgan fingerprint density at radius 3 is 3.11 bits per heavy atom. The van der Waals surface area contributed by atoms with Crippen molar-refractivity contribution in [2.45, 2.75) is 38.1 Å². The van der Waals surface area contributed by atoms with Crippen LogP contribution in [0.25, 0.3) is 0 Å². The average molecular weight is 251 g/mol. The molecule has 0 radical (unpaired) electrons. The molecule has 5 heteroatoms. The van der Waals surface area contributed by atoms with E-state index < -0.39 is 5.54 Å². The molecule has 2 N–H and O–H groups in total. The van der Waals surface area contributed by atoms with Crippen molar-refractivity contribution in [3.8, 4) is 0 Å². The van der Waals surface area contributed by atoms with Crippen LogP contribution in [-0.4, -0.2) is 26.8 Å². The molecular formula is C13H21N3O2. The fraction of sp³-hybridized carbons (Fsp3) is 0.692. The van der Waals surface area contributed by atoms with E-state index in [0.29, 0.717) is 11.7 Å². The maximum Gasteiger partial charge on any atom is 0.293 e. The fourth-order valence-electron chi connectivity index (χ4n) is 2.79. The molecule has 0 bridgehead atoms. The number of nitrogens with one attached hydrogen (secondary N) is 1. The summed E-state index contributed by atoms with van der Waals surface area (Å²) in [6.45, 7) is 2.22. The number of aromatic nitrogens is 2. The molecule has 0 amide bonds. The number of rotatable bonds is 3. The summed E-state index contributed by atoms with van der Waals surface area (Å²) in [6.07, 6.45) is 7.24. The van der Waals surface area contributed by atoms with Gasteiger partial charge in [-0.15, -0.1) is 0 Å². The van der Waals surface area contributed by atoms with Gasteiger partial charge in [-0.25, -0.2) is 4.98 Å². The normalized spacial score (nSPS) is 28.1. The highest BCUT2D eigenvalue weighted by molar-refractivity contribution is 5.35. The standard InChI is InChI=1S/C13H21N3O2/c1-10-4-3-5-13(8-10,9-17)15-11-12(18)16(2)7-6-14-11/h6-7,10,17H,3-5,8-9H2,1-2H3,(H,14,15). The first-order valence-electron chi connectivity index (χ1n) is 6.47. The van der Waals surface area contributed by atoms with Gasteiger partial charge in [0.15, 0.2) is 5.82 Å². The summed E-state index contributed by atoms with van der Waals surface area (Å²) in [7, 11) is 1.70. The molecule has 0 spiro atoms. The van der Waals surface area contributed by atoms with Gasteiger partial charge in [-0.1, -0.05) is 19.8 Å². The third-order valence-corrected chi connectivity index (χ3v) is 3.79. The maximum absolute atomic E-state index is 11.9. The Morgan fingerprint density at radius 1 is 1.67 bits per heavy atom. The van der Waals surface area contributed by atoms with Crippen LogP contribution in [-0.2, 0) is 7.05 Å². The third kappa shape index (κ3) is 2.56. The zero-order chi connectivity index (χ0) is 13.2. The zero-order valence-electron chi connectivity index (χ0n) is 11.0. The lowest BCUT2D eigenvalue weighted by atomic mass is 9.77. The highest BCUT2D eigenvalue weighted by atomic mass is 16.3. The van der Waals surface area contributed by atoms with Crippen molar-refractivity contribution < 1.29 is 5.11 Å². The summed E-state index contributed by atoms with van der Waals surface area (Å²) < 4.78 is 1.49. The Hall–Kier alpha value is -1.36. The van der Waals surface area contributed by atoms with E-state index in [9.17, 15) is 9.90 Å². The van der Waals surface area contributed by atoms with Crippen molar-refractivity contribution in [2.75, 3.05) is 11.9 Å². The molecule has 100 valence electrons. The molecule has 2 unspecified atom stereocenters. The van der Waals surface area contributed by atoms with Crippen LogP contribution in [0.3, 0.4) is 0 Å². The van der Waals surface area contributed by atoms with Gasteiger partial charge in [-0.3, -0.25) is 4.79 Å². The molecular weight excluding hydrogens is 230 g/mol. The van der Waals surface area contributed by atoms with Crippen LogP contribution in [0.4, 0.5) is 5.82 Å². The van der Waals surface area contributed by atoms with Crippen molar-refractivity contribution >= 4 is 5.82 Å². The lowest BCUT2D eigenvalue weighted by Gasteiger charge is -2.39. The predicted molar refractivity (Wildman–Crippen MR) is 70.5 cm³/mol. The lowest BCUT2D eigenvalue weighted by molar-refractivity contribution is 0.149. The molecule has 2 rings (SSSR count). The van der Waals surface area contributed by atoms with Gasteiger partial charge in [-0.05, 0) is 18.8 Å². The molecule has 1 aliphatic carbocycles. The largest absolute Gasteiger partial charge is 0.394 e. The van der Waals surface area contributed by atoms with Crippen LogP contribution in [0.1, 0.15) is 32.6 Å². The quantitative estimate of drug-likeness (QED) is 0.845. The second-order valence-corrected chi connectivity index (χ2v) is 5.46. The first-order valence-corrected chi connectivity index (χ1v) is 6.47. The predicted octanol–water partition coefficient (Wildman–Crippen LogP) is 1.13. The Morgan fingerprint density at radius 2 is 2.44 bits per heavy atom. The SMILES string of the molecule is CC1CCCC(CO)(Nc2nccn(C)c2=O)C1. The molecule has 0 aliphatic heterocycles. The van der Waals surface area contributed by atoms with Crippen LogP contribution in [0.2, 0.25) is 0 Å². The smallest absolute Gasteiger partial charge is 0.293 e. The molecule has 0 saturated heterocycles. The van der Waals surface area contributed by atoms with Gasteiger partial charge < -0.3 is 15.0 Å². The third-order valence-electron chi connectivity index (χ3n) is 3.79. The van der Waals surface area contributed by atoms with Gasteiger partial charge in [0.2, 0.25) is 0 Å². The van der Waals surface area contributed by atoms with Crippen LogP contribution >= 0.6 is 0 Å². The summed E-state index contributed by atoms with van der Waals surface area (Å²) in [5.74, 6) is 0.897. The molecule has 1 aliphatic rings. The van der Waals surface area contributed by atoms with E-state index >= 15 is 0 Å². The van der Waals surface area contributed by atoms with Gasteiger partial charge in [-0.2, -0.15) is 0 Å². The number of nitrogens with zero attached hydrogens (tertiary/aromatic N) is 2. The zero-order valence-corrected chi connectivity index (χ0v) is 11.0. The topological polar surface area (TPSA) is 67.2 Å². The number of aliphatic hydroxyl groups is 1. The number of hydrogen-bond acceptors (Lipinski definition) is 4. The van der Waals surface area contributed by atoms with E-state index in [4.69, 9.17) is 0 Å². The van der Waals surface area contributed by atoms with Gasteiger partial charge >= 0.3 is 0 Å². The summed E-state index contributed by atoms with van der Waals surface area (Å²) in [5.41, 5.74) is -0.540. The van der Waals surface area contributed by atoms with Crippen LogP contribution < -0.4 is 10.9 Å². The van der Waals surface area contributed by atoms with E-state index in [0.717, 1.165) is 19.3 Å². The van der Waals surface area contributed by atoms with Gasteiger partial charge in [0.1, 0.15) is 0 Å². The van der Waals surface area contributed by atoms with E-state index in [1.165, 1.54) is 11.0 Å². The summed E-state index contributed by atoms with van der Waals surface area (Å²) in [5, 5.41) is 12.9. The van der Waals surface area contributed by atoms with Crippen LogP contribution in [0, 0.1) is 5.92 Å². The average Bonchev–Trinajstić information content (AvgIpc) is 2.35. The summed E-state index contributed by atoms with van der Waals surface area (Å²) in [6, 6.07) is 0. The molecule has 1 saturated carbocycles. The Labute approximate surface area is 107 Å². The minimum Gasteiger partial charge on any atom is -0.394 e. The molecule has 18 heavy (non-hydrogen) atoms. The highest BCUT2D eigenvalue weighted by Crippen LogP contribution is 2.33. The number of aryl methyl sites for hydroxylation is 1. The molecule has 1 heterocycles. The summed E-state index contributed by atoms with van der Waals surface area (Å²) in [4.78, 5) is 16.0. The summed E-state index contributed by atoms with van der Waals surface area (Å²) >= 11 is 0. The van der Waals surface area contributed by atoms with Gasteiger partial charge in [0.05, 0.1) is 12.1 Å². The lowest BCUT2D eigenvalue weighted by Crippen LogP contribution is -2.47. The van der Waals surface area contributed by atoms with E-state index in [1.54, 1.807) is 19.4 Å². The number of anilines is 1. The fourth-order valence-corrected chi connectivity index (χ4v) is 2.79. The van der Waals surface area contributed by atoms with Crippen molar-refractivity contribution in [1.82, 2.24) is 9.55 Å². The van der Waals surface area contributed by atoms with E-state index in [1.807, 2.05) is 0 Å². The van der Waals surface area contributed by atoms with Crippen LogP contribution in [0.15, 0.2) is 17.2 Å². The van der Waals surface area contributed by atoms with Crippen molar-refractivity contribution in [1.29, 1.82) is 0 Å². The second kappa shape index (κ2) is 5.10. The van der Waals surface area contributed by atoms with Crippen LogP contribution in [0.5, 0.6) is 0 Å². The van der Waals surface area contributed by atoms with Crippen molar-refractivity contribution in [2.24, 2.45) is 13.0 Å². The highest BCUT2D eigenvalue weighted by Gasteiger charge is 2.35. The Kier molecular flexibility index (Phi) is 3.71. The minimum absolute atomic E-state index is 0.0388. The molecule has 2 atom stereocenters. The first-order chi connectivity index (χ1) is 8.56. The second-order valence-electron chi connectivity index (χ2n) is 5.46.